The third kappa shape index (κ3) is 8.08. The van der Waals surface area contributed by atoms with Crippen molar-refractivity contribution in [3.05, 3.63) is 47.8 Å². The van der Waals surface area contributed by atoms with Gasteiger partial charge in [0.05, 0.1) is 12.6 Å². The Morgan fingerprint density at radius 1 is 1.13 bits per heavy atom. The standard InChI is InChI=1S/C30H42FN3O5/c1-20(2)34(23-9-7-14-33(19-23)29(36)39-30(3,4)5)28(35)21-10-12-24(25-18-22(32)11-13-26(25)31)27(17-21)38-16-8-15-37-6/h10-13,17-18,20,23H,7-9,14-16,19,32H2,1-6H3/t23-/m1/s1. The lowest BCUT2D eigenvalue weighted by Crippen LogP contribution is -2.54. The lowest BCUT2D eigenvalue weighted by Gasteiger charge is -2.41. The summed E-state index contributed by atoms with van der Waals surface area (Å²) < 4.78 is 31.5. The molecule has 3 rings (SSSR count). The summed E-state index contributed by atoms with van der Waals surface area (Å²) in [5.74, 6) is -0.218. The Kier molecular flexibility index (Phi) is 10.2. The van der Waals surface area contributed by atoms with Crippen molar-refractivity contribution >= 4 is 17.7 Å². The van der Waals surface area contributed by atoms with Gasteiger partial charge in [0.25, 0.3) is 5.91 Å². The molecule has 2 aromatic carbocycles. The van der Waals surface area contributed by atoms with Gasteiger partial charge in [0.2, 0.25) is 0 Å². The van der Waals surface area contributed by atoms with Crippen molar-refractivity contribution in [2.24, 2.45) is 0 Å². The van der Waals surface area contributed by atoms with E-state index in [-0.39, 0.29) is 24.1 Å². The number of benzene rings is 2. The zero-order valence-corrected chi connectivity index (χ0v) is 24.0. The summed E-state index contributed by atoms with van der Waals surface area (Å²) in [7, 11) is 1.61. The first-order valence-electron chi connectivity index (χ1n) is 13.5. The van der Waals surface area contributed by atoms with Gasteiger partial charge in [-0.3, -0.25) is 4.79 Å². The molecule has 8 nitrogen and oxygen atoms in total. The van der Waals surface area contributed by atoms with Gasteiger partial charge in [-0.15, -0.1) is 0 Å². The van der Waals surface area contributed by atoms with Crippen LogP contribution in [0.3, 0.4) is 0 Å². The van der Waals surface area contributed by atoms with Gasteiger partial charge >= 0.3 is 6.09 Å². The molecule has 1 saturated heterocycles. The molecule has 0 aromatic heterocycles. The first kappa shape index (κ1) is 30.2. The highest BCUT2D eigenvalue weighted by atomic mass is 19.1. The number of nitrogen functional groups attached to an aromatic ring is 1. The van der Waals surface area contributed by atoms with Crippen molar-refractivity contribution in [3.63, 3.8) is 0 Å². The minimum atomic E-state index is -0.595. The quantitative estimate of drug-likeness (QED) is 0.320. The Bertz CT molecular complexity index is 1150. The summed E-state index contributed by atoms with van der Waals surface area (Å²) >= 11 is 0. The molecule has 9 heteroatoms. The summed E-state index contributed by atoms with van der Waals surface area (Å²) in [4.78, 5) is 30.2. The molecule has 1 fully saturated rings. The maximum Gasteiger partial charge on any atom is 0.410 e. The number of amides is 2. The molecule has 1 aliphatic rings. The van der Waals surface area contributed by atoms with Gasteiger partial charge in [-0.05, 0) is 83.9 Å². The number of nitrogens with two attached hydrogens (primary N) is 1. The van der Waals surface area contributed by atoms with Gasteiger partial charge < -0.3 is 29.7 Å². The summed E-state index contributed by atoms with van der Waals surface area (Å²) in [5.41, 5.74) is 7.00. The number of likely N-dealkylation sites (tertiary alicyclic amines) is 1. The number of anilines is 1. The van der Waals surface area contributed by atoms with Gasteiger partial charge in [-0.25, -0.2) is 9.18 Å². The number of ether oxygens (including phenoxy) is 3. The molecule has 0 bridgehead atoms. The number of carbonyl (C=O) groups excluding carboxylic acids is 2. The van der Waals surface area contributed by atoms with Crippen LogP contribution in [0.15, 0.2) is 36.4 Å². The van der Waals surface area contributed by atoms with E-state index < -0.39 is 11.4 Å². The number of piperidine rings is 1. The summed E-state index contributed by atoms with van der Waals surface area (Å²) in [5, 5.41) is 0. The predicted octanol–water partition coefficient (Wildman–Crippen LogP) is 5.74. The van der Waals surface area contributed by atoms with Gasteiger partial charge in [0, 0.05) is 61.6 Å². The van der Waals surface area contributed by atoms with Crippen molar-refractivity contribution in [1.82, 2.24) is 9.80 Å². The average Bonchev–Trinajstić information content (AvgIpc) is 2.87. The normalized spacial score (nSPS) is 15.8. The Balaban J connectivity index is 1.91. The number of rotatable bonds is 9. The molecule has 39 heavy (non-hydrogen) atoms. The van der Waals surface area contributed by atoms with Crippen molar-refractivity contribution in [2.75, 3.05) is 39.1 Å². The summed E-state index contributed by atoms with van der Waals surface area (Å²) in [6.07, 6.45) is 1.80. The molecule has 0 spiro atoms. The fraction of sp³-hybridized carbons (Fsp3) is 0.533. The molecule has 0 aliphatic carbocycles. The van der Waals surface area contributed by atoms with Crippen LogP contribution in [-0.4, -0.2) is 72.9 Å². The third-order valence-corrected chi connectivity index (χ3v) is 6.49. The fourth-order valence-corrected chi connectivity index (χ4v) is 4.78. The van der Waals surface area contributed by atoms with E-state index in [9.17, 15) is 14.0 Å². The van der Waals surface area contributed by atoms with E-state index in [1.165, 1.54) is 12.1 Å². The zero-order chi connectivity index (χ0) is 28.7. The van der Waals surface area contributed by atoms with Gasteiger partial charge in [-0.2, -0.15) is 0 Å². The molecule has 1 atom stereocenters. The minimum absolute atomic E-state index is 0.113. The molecular weight excluding hydrogens is 501 g/mol. The van der Waals surface area contributed by atoms with Crippen molar-refractivity contribution in [3.8, 4) is 16.9 Å². The average molecular weight is 544 g/mol. The third-order valence-electron chi connectivity index (χ3n) is 6.49. The number of hydrogen-bond acceptors (Lipinski definition) is 6. The van der Waals surface area contributed by atoms with Crippen LogP contribution < -0.4 is 10.5 Å². The van der Waals surface area contributed by atoms with Gasteiger partial charge in [0.15, 0.2) is 0 Å². The molecule has 2 aromatic rings. The van der Waals surface area contributed by atoms with E-state index >= 15 is 0 Å². The SMILES string of the molecule is COCCCOc1cc(C(=O)N(C(C)C)[C@@H]2CCCN(C(=O)OC(C)(C)C)C2)ccc1-c1cc(N)ccc1F. The van der Waals surface area contributed by atoms with Crippen LogP contribution >= 0.6 is 0 Å². The summed E-state index contributed by atoms with van der Waals surface area (Å²) in [6.45, 7) is 11.3. The minimum Gasteiger partial charge on any atom is -0.493 e. The van der Waals surface area contributed by atoms with Crippen molar-refractivity contribution in [1.29, 1.82) is 0 Å². The van der Waals surface area contributed by atoms with Crippen LogP contribution in [0.4, 0.5) is 14.9 Å². The van der Waals surface area contributed by atoms with E-state index in [4.69, 9.17) is 19.9 Å². The second-order valence-electron chi connectivity index (χ2n) is 11.2. The van der Waals surface area contributed by atoms with Gasteiger partial charge in [-0.1, -0.05) is 0 Å². The number of hydrogen-bond donors (Lipinski definition) is 1. The van der Waals surface area contributed by atoms with E-state index in [0.29, 0.717) is 60.9 Å². The van der Waals surface area contributed by atoms with E-state index in [2.05, 4.69) is 0 Å². The van der Waals surface area contributed by atoms with Crippen molar-refractivity contribution < 1.29 is 28.2 Å². The Labute approximate surface area is 231 Å². The molecule has 0 saturated carbocycles. The Morgan fingerprint density at radius 3 is 2.54 bits per heavy atom. The lowest BCUT2D eigenvalue weighted by atomic mass is 9.98. The second kappa shape index (κ2) is 13.2. The van der Waals surface area contributed by atoms with E-state index in [0.717, 1.165) is 12.8 Å². The second-order valence-corrected chi connectivity index (χ2v) is 11.2. The molecule has 214 valence electrons. The molecule has 0 unspecified atom stereocenters. The fourth-order valence-electron chi connectivity index (χ4n) is 4.78. The largest absolute Gasteiger partial charge is 0.493 e. The van der Waals surface area contributed by atoms with E-state index in [1.54, 1.807) is 36.3 Å². The van der Waals surface area contributed by atoms with Crippen LogP contribution in [0.2, 0.25) is 0 Å². The Hall–Kier alpha value is -3.33. The van der Waals surface area contributed by atoms with Gasteiger partial charge in [0.1, 0.15) is 17.2 Å². The van der Waals surface area contributed by atoms with Crippen LogP contribution in [0.1, 0.15) is 64.2 Å². The smallest absolute Gasteiger partial charge is 0.410 e. The number of halogens is 1. The highest BCUT2D eigenvalue weighted by Crippen LogP contribution is 2.35. The zero-order valence-electron chi connectivity index (χ0n) is 24.0. The maximum absolute atomic E-state index is 14.8. The van der Waals surface area contributed by atoms with Crippen LogP contribution in [0.25, 0.3) is 11.1 Å². The molecular formula is C30H42FN3O5. The van der Waals surface area contributed by atoms with E-state index in [1.807, 2.05) is 39.5 Å². The highest BCUT2D eigenvalue weighted by Gasteiger charge is 2.34. The maximum atomic E-state index is 14.8. The van der Waals surface area contributed by atoms with Crippen LogP contribution in [0.5, 0.6) is 5.75 Å². The Morgan fingerprint density at radius 2 is 1.87 bits per heavy atom. The molecule has 1 aliphatic heterocycles. The predicted molar refractivity (Wildman–Crippen MR) is 150 cm³/mol. The van der Waals surface area contributed by atoms with Crippen molar-refractivity contribution in [2.45, 2.75) is 71.6 Å². The van der Waals surface area contributed by atoms with Crippen LogP contribution in [-0.2, 0) is 9.47 Å². The number of carbonyl (C=O) groups is 2. The highest BCUT2D eigenvalue weighted by molar-refractivity contribution is 5.96. The molecule has 0 radical (unpaired) electrons. The first-order valence-corrected chi connectivity index (χ1v) is 13.5. The first-order chi connectivity index (χ1) is 18.4. The monoisotopic (exact) mass is 543 g/mol. The molecule has 2 N–H and O–H groups in total. The number of nitrogens with zero attached hydrogens (tertiary/aromatic N) is 2. The van der Waals surface area contributed by atoms with Crippen LogP contribution in [0, 0.1) is 5.82 Å². The molecule has 1 heterocycles. The lowest BCUT2D eigenvalue weighted by molar-refractivity contribution is 0.00752. The molecule has 2 amide bonds. The summed E-state index contributed by atoms with van der Waals surface area (Å²) in [6, 6.07) is 9.14. The topological polar surface area (TPSA) is 94.3 Å². The number of methoxy groups -OCH3 is 1.